The van der Waals surface area contributed by atoms with Gasteiger partial charge in [0.25, 0.3) is 0 Å². The quantitative estimate of drug-likeness (QED) is 0.196. The molecular weight excluding hydrogens is 490 g/mol. The lowest BCUT2D eigenvalue weighted by Gasteiger charge is -2.30. The van der Waals surface area contributed by atoms with Crippen molar-refractivity contribution in [2.75, 3.05) is 20.8 Å². The van der Waals surface area contributed by atoms with Gasteiger partial charge in [0.05, 0.1) is 20.8 Å². The third-order valence-electron chi connectivity index (χ3n) is 5.56. The van der Waals surface area contributed by atoms with Gasteiger partial charge in [-0.15, -0.1) is 6.58 Å². The van der Waals surface area contributed by atoms with Crippen molar-refractivity contribution in [3.63, 3.8) is 0 Å². The van der Waals surface area contributed by atoms with Crippen LogP contribution >= 0.6 is 0 Å². The zero-order chi connectivity index (χ0) is 27.4. The van der Waals surface area contributed by atoms with Crippen LogP contribution in [0.25, 0.3) is 0 Å². The Morgan fingerprint density at radius 1 is 0.973 bits per heavy atom. The molecule has 0 saturated carbocycles. The highest BCUT2D eigenvalue weighted by Crippen LogP contribution is 2.24. The van der Waals surface area contributed by atoms with E-state index in [-0.39, 0.29) is 25.5 Å². The van der Waals surface area contributed by atoms with Gasteiger partial charge in [0, 0.05) is 19.3 Å². The molecule has 0 fully saturated rings. The molecule has 0 N–H and O–H groups in total. The van der Waals surface area contributed by atoms with E-state index in [2.05, 4.69) is 23.3 Å². The summed E-state index contributed by atoms with van der Waals surface area (Å²) >= 11 is 0. The van der Waals surface area contributed by atoms with Crippen LogP contribution in [-0.2, 0) is 27.8 Å². The molecule has 200 valence electrons. The van der Waals surface area contributed by atoms with E-state index in [1.807, 2.05) is 38.1 Å². The van der Waals surface area contributed by atoms with Crippen LogP contribution in [0.3, 0.4) is 0 Å². The maximum absolute atomic E-state index is 14.1. The predicted molar refractivity (Wildman–Crippen MR) is 150 cm³/mol. The molecule has 2 atom stereocenters. The van der Waals surface area contributed by atoms with Crippen LogP contribution in [0.15, 0.2) is 82.9 Å². The molecule has 2 aromatic rings. The molecule has 0 amide bonds. The lowest BCUT2D eigenvalue weighted by molar-refractivity contribution is 0.119. The van der Waals surface area contributed by atoms with Crippen LogP contribution in [0.1, 0.15) is 31.9 Å². The fraction of sp³-hybridized carbons (Fsp3) is 0.357. The minimum atomic E-state index is -3.93. The van der Waals surface area contributed by atoms with Crippen LogP contribution in [0.4, 0.5) is 0 Å². The number of methoxy groups -OCH3 is 2. The summed E-state index contributed by atoms with van der Waals surface area (Å²) in [6.07, 6.45) is 2.21. The minimum absolute atomic E-state index is 0.130. The molecular formula is C28H37N3O5S. The van der Waals surface area contributed by atoms with E-state index < -0.39 is 21.4 Å². The monoisotopic (exact) mass is 527 g/mol. The van der Waals surface area contributed by atoms with Crippen molar-refractivity contribution in [3.8, 4) is 11.5 Å². The fourth-order valence-corrected chi connectivity index (χ4v) is 5.13. The summed E-state index contributed by atoms with van der Waals surface area (Å²) in [5.74, 6) is 1.57. The van der Waals surface area contributed by atoms with Crippen molar-refractivity contribution in [3.05, 3.63) is 84.1 Å². The number of benzene rings is 2. The van der Waals surface area contributed by atoms with Crippen molar-refractivity contribution in [1.82, 2.24) is 4.31 Å². The van der Waals surface area contributed by atoms with Crippen molar-refractivity contribution in [2.24, 2.45) is 9.98 Å². The Labute approximate surface area is 221 Å². The largest absolute Gasteiger partial charge is 0.497 e. The van der Waals surface area contributed by atoms with Gasteiger partial charge in [0.2, 0.25) is 10.0 Å². The number of amidine groups is 1. The zero-order valence-corrected chi connectivity index (χ0v) is 23.1. The maximum atomic E-state index is 14.1. The van der Waals surface area contributed by atoms with Crippen LogP contribution in [-0.4, -0.2) is 57.5 Å². The van der Waals surface area contributed by atoms with Gasteiger partial charge >= 0.3 is 0 Å². The SMILES string of the molecule is C=CCO[C@H](C(N=C)=NC=C(C)C)[C@H](C)S(=O)(=O)N(Cc1ccc(OC)cc1)Cc1ccc(OC)cc1. The molecule has 37 heavy (non-hydrogen) atoms. The van der Waals surface area contributed by atoms with Gasteiger partial charge in [-0.25, -0.2) is 18.4 Å². The first kappa shape index (κ1) is 30.0. The minimum Gasteiger partial charge on any atom is -0.497 e. The van der Waals surface area contributed by atoms with E-state index in [1.165, 1.54) is 4.31 Å². The van der Waals surface area contributed by atoms with Gasteiger partial charge in [-0.1, -0.05) is 35.9 Å². The zero-order valence-electron chi connectivity index (χ0n) is 22.3. The second kappa shape index (κ2) is 14.5. The van der Waals surface area contributed by atoms with E-state index in [4.69, 9.17) is 14.2 Å². The smallest absolute Gasteiger partial charge is 0.220 e. The maximum Gasteiger partial charge on any atom is 0.220 e. The normalized spacial score (nSPS) is 13.5. The molecule has 0 saturated heterocycles. The number of aliphatic imine (C=N–C) groups is 2. The van der Waals surface area contributed by atoms with Crippen LogP contribution < -0.4 is 9.47 Å². The molecule has 9 heteroatoms. The molecule has 0 bridgehead atoms. The molecule has 2 aromatic carbocycles. The van der Waals surface area contributed by atoms with E-state index >= 15 is 0 Å². The number of hydrogen-bond donors (Lipinski definition) is 0. The van der Waals surface area contributed by atoms with Crippen molar-refractivity contribution < 1.29 is 22.6 Å². The van der Waals surface area contributed by atoms with Gasteiger partial charge in [-0.3, -0.25) is 0 Å². The molecule has 0 aliphatic heterocycles. The van der Waals surface area contributed by atoms with Gasteiger partial charge in [0.15, 0.2) is 5.84 Å². The van der Waals surface area contributed by atoms with Gasteiger partial charge in [-0.2, -0.15) is 4.31 Å². The number of sulfonamides is 1. The van der Waals surface area contributed by atoms with Gasteiger partial charge in [-0.05, 0) is 62.9 Å². The second-order valence-electron chi connectivity index (χ2n) is 8.61. The Morgan fingerprint density at radius 2 is 1.46 bits per heavy atom. The molecule has 2 rings (SSSR count). The number of rotatable bonds is 14. The predicted octanol–water partition coefficient (Wildman–Crippen LogP) is 5.02. The molecule has 0 radical (unpaired) electrons. The van der Waals surface area contributed by atoms with Crippen LogP contribution in [0, 0.1) is 0 Å². The topological polar surface area (TPSA) is 89.8 Å². The third kappa shape index (κ3) is 8.66. The highest BCUT2D eigenvalue weighted by Gasteiger charge is 2.38. The molecule has 0 aromatic heterocycles. The van der Waals surface area contributed by atoms with E-state index in [0.717, 1.165) is 16.7 Å². The summed E-state index contributed by atoms with van der Waals surface area (Å²) in [6.45, 7) is 13.1. The Morgan fingerprint density at radius 3 is 1.84 bits per heavy atom. The summed E-state index contributed by atoms with van der Waals surface area (Å²) in [5, 5.41) is -1.02. The second-order valence-corrected chi connectivity index (χ2v) is 10.9. The first-order chi connectivity index (χ1) is 17.7. The van der Waals surface area contributed by atoms with E-state index in [1.54, 1.807) is 57.7 Å². The average Bonchev–Trinajstić information content (AvgIpc) is 2.90. The average molecular weight is 528 g/mol. The number of ether oxygens (including phenoxy) is 3. The van der Waals surface area contributed by atoms with Crippen molar-refractivity contribution in [2.45, 2.75) is 45.2 Å². The number of allylic oxidation sites excluding steroid dienone is 1. The van der Waals surface area contributed by atoms with E-state index in [0.29, 0.717) is 11.5 Å². The first-order valence-corrected chi connectivity index (χ1v) is 13.3. The molecule has 0 heterocycles. The Kier molecular flexibility index (Phi) is 11.7. The first-order valence-electron chi connectivity index (χ1n) is 11.8. The molecule has 0 unspecified atom stereocenters. The Balaban J connectivity index is 2.50. The third-order valence-corrected chi connectivity index (χ3v) is 7.72. The number of nitrogens with zero attached hydrogens (tertiary/aromatic N) is 3. The van der Waals surface area contributed by atoms with Crippen molar-refractivity contribution in [1.29, 1.82) is 0 Å². The van der Waals surface area contributed by atoms with Crippen LogP contribution in [0.5, 0.6) is 11.5 Å². The summed E-state index contributed by atoms with van der Waals surface area (Å²) in [5.41, 5.74) is 2.56. The highest BCUT2D eigenvalue weighted by molar-refractivity contribution is 7.89. The van der Waals surface area contributed by atoms with Crippen molar-refractivity contribution >= 4 is 22.6 Å². The van der Waals surface area contributed by atoms with Crippen LogP contribution in [0.2, 0.25) is 0 Å². The highest BCUT2D eigenvalue weighted by atomic mass is 32.2. The Bertz CT molecular complexity index is 1140. The summed E-state index contributed by atoms with van der Waals surface area (Å²) in [4.78, 5) is 8.35. The molecule has 8 nitrogen and oxygen atoms in total. The molecule has 0 aliphatic carbocycles. The summed E-state index contributed by atoms with van der Waals surface area (Å²) in [6, 6.07) is 14.6. The fourth-order valence-electron chi connectivity index (χ4n) is 3.49. The summed E-state index contributed by atoms with van der Waals surface area (Å²) < 4.78 is 46.0. The molecule has 0 spiro atoms. The molecule has 0 aliphatic rings. The lowest BCUT2D eigenvalue weighted by atomic mass is 10.2. The number of hydrogen-bond acceptors (Lipinski definition) is 6. The Hall–Kier alpha value is -3.27. The lowest BCUT2D eigenvalue weighted by Crippen LogP contribution is -2.46. The summed E-state index contributed by atoms with van der Waals surface area (Å²) in [7, 11) is -0.758. The van der Waals surface area contributed by atoms with Gasteiger partial charge in [0.1, 0.15) is 22.9 Å². The standard InChI is InChI=1S/C28H37N3O5S/c1-8-17-36-27(28(29-5)30-18-21(2)3)22(4)37(32,33)31(19-23-9-13-25(34-6)14-10-23)20-24-11-15-26(35-7)16-12-24/h8-16,18,22,27H,1,5,17,19-20H2,2-4,6-7H3/t22-,27-/m0/s1. The van der Waals surface area contributed by atoms with Gasteiger partial charge < -0.3 is 14.2 Å². The van der Waals surface area contributed by atoms with E-state index in [9.17, 15) is 8.42 Å².